The minimum Gasteiger partial charge on any atom is -0.493 e. The highest BCUT2D eigenvalue weighted by molar-refractivity contribution is 7.85. The van der Waals surface area contributed by atoms with Crippen LogP contribution in [0.15, 0.2) is 121 Å². The topological polar surface area (TPSA) is 287 Å². The molecule has 0 bridgehead atoms. The molecular weight excluding hydrogens is 1430 g/mol. The van der Waals surface area contributed by atoms with Gasteiger partial charge in [0.15, 0.2) is 0 Å². The fraction of sp³-hybridized carbons (Fsp3) is 0.575. The van der Waals surface area contributed by atoms with Crippen LogP contribution in [0.4, 0.5) is 0 Å². The highest BCUT2D eigenvalue weighted by Gasteiger charge is 2.20. The number of Topliss-reactive ketones (excluding diaryl/α,β-unsaturated/α-hetero) is 1. The van der Waals surface area contributed by atoms with Crippen molar-refractivity contribution in [1.29, 1.82) is 0 Å². The third-order valence-electron chi connectivity index (χ3n) is 14.4. The van der Waals surface area contributed by atoms with Gasteiger partial charge in [-0.3, -0.25) is 4.79 Å². The van der Waals surface area contributed by atoms with Crippen molar-refractivity contribution < 1.29 is 86.7 Å². The van der Waals surface area contributed by atoms with Gasteiger partial charge in [-0.15, -0.1) is 0 Å². The lowest BCUT2D eigenvalue weighted by atomic mass is 10.1. The molecule has 0 atom stereocenters. The second-order valence-corrected chi connectivity index (χ2v) is 33.6. The van der Waals surface area contributed by atoms with Gasteiger partial charge in [-0.1, -0.05) is 180 Å². The first-order chi connectivity index (χ1) is 48.6. The Bertz CT molecular complexity index is 3690. The van der Waals surface area contributed by atoms with Gasteiger partial charge >= 0.3 is 51.5 Å². The van der Waals surface area contributed by atoms with Crippen LogP contribution in [0.2, 0.25) is 0 Å². The molecule has 0 unspecified atom stereocenters. The number of ether oxygens (including phenoxy) is 4. The second kappa shape index (κ2) is 52.5. The van der Waals surface area contributed by atoms with Crippen molar-refractivity contribution >= 4 is 57.3 Å². The number of benzene rings is 5. The molecule has 0 fully saturated rings. The average Bonchev–Trinajstić information content (AvgIpc) is 0.887. The SMILES string of the molecule is CC(=O)Cc1ccc(OS(=O)(=O)N(C)C)cc1.CCCCCCCCCOc1cccc(OS(=O)(=O)N(C)C)c1.CCCCCCCCOc1cccc(OS(=O)(=O)N(C)C)c1.CCCCCCCOc1cccc(OS(=O)(=O)N(C)C)c1.CCCCCCOc1cccc(OS(=O)(=O)N(C)C)c1. The Balaban J connectivity index is 0.000000646. The van der Waals surface area contributed by atoms with Gasteiger partial charge in [-0.25, -0.2) is 0 Å². The first-order valence-corrected chi connectivity index (χ1v) is 42.0. The molecule has 0 aliphatic heterocycles. The summed E-state index contributed by atoms with van der Waals surface area (Å²) in [7, 11) is -4.46. The first-order valence-electron chi connectivity index (χ1n) is 35.2. The number of carbonyl (C=O) groups excluding carboxylic acids is 1. The third kappa shape index (κ3) is 44.8. The van der Waals surface area contributed by atoms with E-state index in [1.807, 2.05) is 0 Å². The zero-order chi connectivity index (χ0) is 77.3. The first kappa shape index (κ1) is 94.5. The molecule has 30 heteroatoms. The summed E-state index contributed by atoms with van der Waals surface area (Å²) in [5.41, 5.74) is 0.826. The van der Waals surface area contributed by atoms with Gasteiger partial charge in [0, 0.05) is 101 Å². The molecule has 0 heterocycles. The van der Waals surface area contributed by atoms with Crippen LogP contribution >= 0.6 is 0 Å². The Morgan fingerprint density at radius 1 is 0.272 bits per heavy atom. The van der Waals surface area contributed by atoms with E-state index < -0.39 is 51.5 Å². The molecule has 0 N–H and O–H groups in total. The van der Waals surface area contributed by atoms with E-state index in [4.69, 9.17) is 39.9 Å². The van der Waals surface area contributed by atoms with Crippen LogP contribution in [0.25, 0.3) is 0 Å². The zero-order valence-electron chi connectivity index (χ0n) is 63.6. The summed E-state index contributed by atoms with van der Waals surface area (Å²) in [5, 5.41) is 0. The van der Waals surface area contributed by atoms with Crippen LogP contribution in [0.3, 0.4) is 0 Å². The predicted molar refractivity (Wildman–Crippen MR) is 409 cm³/mol. The molecule has 0 aliphatic carbocycles. The normalized spacial score (nSPS) is 11.6. The van der Waals surface area contributed by atoms with Crippen LogP contribution in [0, 0.1) is 0 Å². The van der Waals surface area contributed by atoms with E-state index in [-0.39, 0.29) is 34.5 Å². The Hall–Kier alpha value is -6.48. The fourth-order valence-electron chi connectivity index (χ4n) is 8.33. The summed E-state index contributed by atoms with van der Waals surface area (Å²) in [5.74, 6) is 3.81. The van der Waals surface area contributed by atoms with Crippen LogP contribution in [-0.4, -0.2) is 166 Å². The molecule has 0 saturated carbocycles. The number of carbonyl (C=O) groups is 1. The van der Waals surface area contributed by atoms with E-state index in [9.17, 15) is 46.9 Å². The maximum Gasteiger partial charge on any atom is 0.384 e. The second-order valence-electron chi connectivity index (χ2n) is 24.8. The summed E-state index contributed by atoms with van der Waals surface area (Å²) in [6.45, 7) is 12.8. The molecule has 0 amide bonds. The Morgan fingerprint density at radius 3 is 0.680 bits per heavy atom. The number of hydrogen-bond acceptors (Lipinski definition) is 20. The molecule has 586 valence electrons. The van der Waals surface area contributed by atoms with Crippen LogP contribution in [0.1, 0.15) is 181 Å². The van der Waals surface area contributed by atoms with Crippen molar-refractivity contribution in [2.45, 2.75) is 182 Å². The standard InChI is InChI=1S/C17H29NO4S.C16H27NO4S.C15H25NO4S.C14H23NO4S.C11H15NO4S/c1-4-5-6-7-8-9-10-14-21-16-12-11-13-17(15-16)22-23(19,20)18(2)3;1-4-5-6-7-8-9-13-20-15-11-10-12-16(14-15)21-22(18,19)17(2)3;1-4-5-6-7-8-12-19-14-10-9-11-15(13-14)20-21(17,18)16(2)3;1-4-5-6-7-11-18-13-9-8-10-14(12-13)19-20(16,17)15(2)3;1-9(13)8-10-4-6-11(7-5-10)16-17(14,15)12(2)3/h11-13,15H,4-10,14H2,1-3H3;10-12,14H,4-9,13H2,1-3H3;9-11,13H,4-8,12H2,1-3H3;8-10,12H,4-7,11H2,1-3H3;4-7H,8H2,1-3H3. The highest BCUT2D eigenvalue weighted by atomic mass is 32.3. The summed E-state index contributed by atoms with van der Waals surface area (Å²) in [6, 6.07) is 33.2. The zero-order valence-corrected chi connectivity index (χ0v) is 67.7. The molecule has 5 rings (SSSR count). The molecule has 5 aromatic carbocycles. The van der Waals surface area contributed by atoms with Crippen molar-refractivity contribution in [1.82, 2.24) is 21.5 Å². The number of ketones is 1. The smallest absolute Gasteiger partial charge is 0.384 e. The van der Waals surface area contributed by atoms with E-state index >= 15 is 0 Å². The van der Waals surface area contributed by atoms with Gasteiger partial charge in [-0.2, -0.15) is 63.6 Å². The maximum atomic E-state index is 11.7. The predicted octanol–water partition coefficient (Wildman–Crippen LogP) is 14.7. The third-order valence-corrected chi connectivity index (χ3v) is 20.9. The Morgan fingerprint density at radius 2 is 0.466 bits per heavy atom. The summed E-state index contributed by atoms with van der Waals surface area (Å²) in [4.78, 5) is 10.9. The molecule has 25 nitrogen and oxygen atoms in total. The summed E-state index contributed by atoms with van der Waals surface area (Å²) >= 11 is 0. The molecular formula is C73H119N5O20S5. The lowest BCUT2D eigenvalue weighted by molar-refractivity contribution is -0.116. The van der Waals surface area contributed by atoms with Gasteiger partial charge in [-0.05, 0) is 98.8 Å². The van der Waals surface area contributed by atoms with Crippen molar-refractivity contribution in [2.75, 3.05) is 96.9 Å². The quantitative estimate of drug-likeness (QED) is 0.0327. The summed E-state index contributed by atoms with van der Waals surface area (Å²) in [6.07, 6.45) is 26.5. The molecule has 5 aromatic rings. The van der Waals surface area contributed by atoms with Gasteiger partial charge < -0.3 is 39.9 Å². The van der Waals surface area contributed by atoms with Crippen molar-refractivity contribution in [3.8, 4) is 51.7 Å². The van der Waals surface area contributed by atoms with Gasteiger partial charge in [0.2, 0.25) is 0 Å². The molecule has 0 aromatic heterocycles. The molecule has 0 aliphatic rings. The lowest BCUT2D eigenvalue weighted by Crippen LogP contribution is -2.27. The fourth-order valence-corrected chi connectivity index (χ4v) is 10.8. The van der Waals surface area contributed by atoms with Crippen LogP contribution in [-0.2, 0) is 62.7 Å². The van der Waals surface area contributed by atoms with Gasteiger partial charge in [0.1, 0.15) is 57.5 Å². The lowest BCUT2D eigenvalue weighted by Gasteiger charge is -2.13. The van der Waals surface area contributed by atoms with Crippen molar-refractivity contribution in [3.05, 3.63) is 127 Å². The van der Waals surface area contributed by atoms with Crippen molar-refractivity contribution in [3.63, 3.8) is 0 Å². The number of rotatable bonds is 47. The van der Waals surface area contributed by atoms with Gasteiger partial charge in [0.25, 0.3) is 0 Å². The van der Waals surface area contributed by atoms with E-state index in [0.29, 0.717) is 55.8 Å². The largest absolute Gasteiger partial charge is 0.493 e. The van der Waals surface area contributed by atoms with Gasteiger partial charge in [0.05, 0.1) is 26.4 Å². The number of unbranched alkanes of at least 4 members (excludes halogenated alkanes) is 18. The molecule has 0 radical (unpaired) electrons. The number of nitrogens with zero attached hydrogens (tertiary/aromatic N) is 5. The molecule has 0 saturated heterocycles. The van der Waals surface area contributed by atoms with Crippen molar-refractivity contribution in [2.24, 2.45) is 0 Å². The molecule has 0 spiro atoms. The van der Waals surface area contributed by atoms with E-state index in [2.05, 4.69) is 27.7 Å². The average molecular weight is 1550 g/mol. The van der Waals surface area contributed by atoms with Crippen LogP contribution < -0.4 is 39.9 Å². The summed E-state index contributed by atoms with van der Waals surface area (Å²) < 4.78 is 168. The molecule has 103 heavy (non-hydrogen) atoms. The van der Waals surface area contributed by atoms with E-state index in [1.54, 1.807) is 109 Å². The van der Waals surface area contributed by atoms with E-state index in [0.717, 1.165) is 78.5 Å². The minimum absolute atomic E-state index is 0.0552. The maximum absolute atomic E-state index is 11.7. The Labute approximate surface area is 619 Å². The monoisotopic (exact) mass is 1550 g/mol. The Kier molecular flexibility index (Phi) is 48.2. The minimum atomic E-state index is -3.73. The highest BCUT2D eigenvalue weighted by Crippen LogP contribution is 2.26. The van der Waals surface area contributed by atoms with Crippen LogP contribution in [0.5, 0.6) is 51.7 Å². The van der Waals surface area contributed by atoms with E-state index in [1.165, 1.54) is 179 Å². The number of hydrogen-bond donors (Lipinski definition) is 0.